The largest absolute Gasteiger partial charge is 0.255 e. The van der Waals surface area contributed by atoms with Crippen molar-refractivity contribution < 1.29 is 16.5 Å². The average Bonchev–Trinajstić information content (AvgIpc) is 2.86. The van der Waals surface area contributed by atoms with Gasteiger partial charge in [-0.2, -0.15) is 0 Å². The van der Waals surface area contributed by atoms with Gasteiger partial charge in [-0.1, -0.05) is 103 Å². The van der Waals surface area contributed by atoms with Crippen LogP contribution in [0.1, 0.15) is 115 Å². The molecule has 0 heterocycles. The first-order valence-corrected chi connectivity index (χ1v) is 14.0. The third kappa shape index (κ3) is 14.4. The molecule has 0 spiro atoms. The molecule has 0 aliphatic rings. The third-order valence-corrected chi connectivity index (χ3v) is 6.43. The van der Waals surface area contributed by atoms with Crippen LogP contribution in [-0.4, -0.2) is 11.9 Å². The first-order chi connectivity index (χ1) is 16.7. The molecule has 0 N–H and O–H groups in total. The minimum Gasteiger partial charge on any atom is -0.255 e. The molecule has 2 nitrogen and oxygen atoms in total. The van der Waals surface area contributed by atoms with Gasteiger partial charge in [0, 0.05) is 22.7 Å². The van der Waals surface area contributed by atoms with Crippen LogP contribution < -0.4 is 0 Å². The summed E-state index contributed by atoms with van der Waals surface area (Å²) in [6.45, 7) is 6.78. The van der Waals surface area contributed by atoms with Crippen molar-refractivity contribution in [1.82, 2.24) is 0 Å². The number of aliphatic imine (C=N–C) groups is 2. The van der Waals surface area contributed by atoms with Gasteiger partial charge in [0.2, 0.25) is 0 Å². The van der Waals surface area contributed by atoms with E-state index in [2.05, 4.69) is 69.3 Å². The SMILES string of the molecule is CCCCCCCCC(/C=N/c1ccc(CCCCC)cc1)=N\c1ccc(CCCCC)cc1.[Ni]. The smallest absolute Gasteiger partial charge is 0.0633 e. The Bertz CT molecular complexity index is 822. The molecule has 35 heavy (non-hydrogen) atoms. The van der Waals surface area contributed by atoms with Gasteiger partial charge in [-0.25, -0.2) is 0 Å². The molecule has 0 aliphatic carbocycles. The van der Waals surface area contributed by atoms with Crippen molar-refractivity contribution in [1.29, 1.82) is 0 Å². The first kappa shape index (κ1) is 31.3. The molecule has 196 valence electrons. The average molecular weight is 519 g/mol. The summed E-state index contributed by atoms with van der Waals surface area (Å²) in [6.07, 6.45) is 20.8. The Morgan fingerprint density at radius 3 is 1.57 bits per heavy atom. The molecule has 3 heteroatoms. The Morgan fingerprint density at radius 2 is 1.03 bits per heavy atom. The molecule has 2 rings (SSSR count). The predicted octanol–water partition coefficient (Wildman–Crippen LogP) is 10.4. The molecule has 0 aliphatic heterocycles. The van der Waals surface area contributed by atoms with Crippen molar-refractivity contribution >= 4 is 23.3 Å². The number of rotatable bonds is 18. The van der Waals surface area contributed by atoms with E-state index in [1.807, 2.05) is 6.21 Å². The molecular weight excluding hydrogens is 471 g/mol. The van der Waals surface area contributed by atoms with Crippen LogP contribution in [0.15, 0.2) is 58.5 Å². The van der Waals surface area contributed by atoms with Gasteiger partial charge in [-0.15, -0.1) is 0 Å². The molecule has 0 amide bonds. The van der Waals surface area contributed by atoms with Crippen LogP contribution in [0.3, 0.4) is 0 Å². The fourth-order valence-electron chi connectivity index (χ4n) is 4.19. The predicted molar refractivity (Wildman–Crippen MR) is 153 cm³/mol. The summed E-state index contributed by atoms with van der Waals surface area (Å²) in [6, 6.07) is 17.6. The molecule has 2 aromatic carbocycles. The minimum atomic E-state index is 0. The Balaban J connectivity index is 0.00000612. The molecule has 0 radical (unpaired) electrons. The molecule has 0 atom stereocenters. The Kier molecular flexibility index (Phi) is 18.3. The van der Waals surface area contributed by atoms with Gasteiger partial charge in [0.25, 0.3) is 0 Å². The molecule has 0 aromatic heterocycles. The van der Waals surface area contributed by atoms with Crippen LogP contribution >= 0.6 is 0 Å². The van der Waals surface area contributed by atoms with Crippen LogP contribution in [0.2, 0.25) is 0 Å². The number of unbranched alkanes of at least 4 members (excludes halogenated alkanes) is 9. The quantitative estimate of drug-likeness (QED) is 0.106. The van der Waals surface area contributed by atoms with Crippen molar-refractivity contribution in [3.05, 3.63) is 59.7 Å². The topological polar surface area (TPSA) is 24.7 Å². The van der Waals surface area contributed by atoms with E-state index in [4.69, 9.17) is 9.98 Å². The molecule has 0 saturated heterocycles. The Hall–Kier alpha value is -1.73. The summed E-state index contributed by atoms with van der Waals surface area (Å²) in [5.41, 5.74) is 5.96. The van der Waals surface area contributed by atoms with Crippen molar-refractivity contribution in [2.45, 2.75) is 117 Å². The molecular formula is C32H48N2Ni. The van der Waals surface area contributed by atoms with Crippen LogP contribution in [0.25, 0.3) is 0 Å². The van der Waals surface area contributed by atoms with Gasteiger partial charge in [-0.3, -0.25) is 9.98 Å². The maximum Gasteiger partial charge on any atom is 0.0633 e. The van der Waals surface area contributed by atoms with Gasteiger partial charge in [0.05, 0.1) is 17.1 Å². The van der Waals surface area contributed by atoms with Crippen LogP contribution in [-0.2, 0) is 29.3 Å². The van der Waals surface area contributed by atoms with E-state index in [9.17, 15) is 0 Å². The number of benzene rings is 2. The molecule has 0 unspecified atom stereocenters. The zero-order valence-corrected chi connectivity index (χ0v) is 23.5. The van der Waals surface area contributed by atoms with Crippen molar-refractivity contribution in [3.63, 3.8) is 0 Å². The van der Waals surface area contributed by atoms with Crippen LogP contribution in [0.5, 0.6) is 0 Å². The number of hydrogen-bond acceptors (Lipinski definition) is 2. The monoisotopic (exact) mass is 518 g/mol. The summed E-state index contributed by atoms with van der Waals surface area (Å²) >= 11 is 0. The van der Waals surface area contributed by atoms with Crippen molar-refractivity contribution in [2.24, 2.45) is 9.98 Å². The molecule has 0 fully saturated rings. The zero-order chi connectivity index (χ0) is 24.3. The summed E-state index contributed by atoms with van der Waals surface area (Å²) < 4.78 is 0. The van der Waals surface area contributed by atoms with Gasteiger partial charge in [0.15, 0.2) is 0 Å². The van der Waals surface area contributed by atoms with E-state index in [1.165, 1.54) is 94.6 Å². The fourth-order valence-corrected chi connectivity index (χ4v) is 4.19. The summed E-state index contributed by atoms with van der Waals surface area (Å²) in [5, 5.41) is 0. The van der Waals surface area contributed by atoms with Crippen molar-refractivity contribution in [3.8, 4) is 0 Å². The van der Waals surface area contributed by atoms with Gasteiger partial charge in [0.1, 0.15) is 0 Å². The molecule has 2 aromatic rings. The van der Waals surface area contributed by atoms with E-state index in [1.54, 1.807) is 0 Å². The Labute approximate surface area is 226 Å². The van der Waals surface area contributed by atoms with E-state index in [0.717, 1.165) is 29.9 Å². The summed E-state index contributed by atoms with van der Waals surface area (Å²) in [5.74, 6) is 0. The third-order valence-electron chi connectivity index (χ3n) is 6.43. The Morgan fingerprint density at radius 1 is 0.571 bits per heavy atom. The standard InChI is InChI=1S/C32H48N2.Ni/c1-4-7-10-11-12-15-18-32(34-31-25-21-29(22-26-31)17-14-9-6-3)27-33-30-23-19-28(20-24-30)16-13-8-5-2;/h19-27H,4-18H2,1-3H3;/b33-27+,34-32+;. The van der Waals surface area contributed by atoms with Gasteiger partial charge in [-0.05, 0) is 73.9 Å². The number of nitrogens with zero attached hydrogens (tertiary/aromatic N) is 2. The van der Waals surface area contributed by atoms with E-state index >= 15 is 0 Å². The molecule has 0 saturated carbocycles. The van der Waals surface area contributed by atoms with Crippen LogP contribution in [0, 0.1) is 0 Å². The van der Waals surface area contributed by atoms with Gasteiger partial charge >= 0.3 is 0 Å². The second kappa shape index (κ2) is 20.5. The normalized spacial score (nSPS) is 11.7. The summed E-state index contributed by atoms with van der Waals surface area (Å²) in [4.78, 5) is 9.76. The summed E-state index contributed by atoms with van der Waals surface area (Å²) in [7, 11) is 0. The fraction of sp³-hybridized carbons (Fsp3) is 0.562. The maximum absolute atomic E-state index is 4.98. The first-order valence-electron chi connectivity index (χ1n) is 14.0. The van der Waals surface area contributed by atoms with Crippen LogP contribution in [0.4, 0.5) is 11.4 Å². The second-order valence-electron chi connectivity index (χ2n) is 9.63. The van der Waals surface area contributed by atoms with E-state index < -0.39 is 0 Å². The van der Waals surface area contributed by atoms with E-state index in [0.29, 0.717) is 0 Å². The molecule has 0 bridgehead atoms. The number of aryl methyl sites for hydroxylation is 2. The van der Waals surface area contributed by atoms with Gasteiger partial charge < -0.3 is 0 Å². The number of hydrogen-bond donors (Lipinski definition) is 0. The minimum absolute atomic E-state index is 0. The maximum atomic E-state index is 4.98. The van der Waals surface area contributed by atoms with E-state index in [-0.39, 0.29) is 16.5 Å². The zero-order valence-electron chi connectivity index (χ0n) is 22.5. The van der Waals surface area contributed by atoms with Crippen molar-refractivity contribution in [2.75, 3.05) is 0 Å². The second-order valence-corrected chi connectivity index (χ2v) is 9.63.